The number of phenols is 2. The Hall–Kier alpha value is -4.61. The van der Waals surface area contributed by atoms with Gasteiger partial charge in [0.15, 0.2) is 22.9 Å². The number of hydrogen-bond donors (Lipinski definition) is 6. The summed E-state index contributed by atoms with van der Waals surface area (Å²) in [5.41, 5.74) is 3.78. The molecule has 0 spiro atoms. The number of Topliss-reactive ketones (excluding diaryl/α,β-unsaturated/α-hetero) is 2. The Labute approximate surface area is 241 Å². The van der Waals surface area contributed by atoms with Gasteiger partial charge in [-0.15, -0.1) is 0 Å². The van der Waals surface area contributed by atoms with Gasteiger partial charge >= 0.3 is 0 Å². The number of phenolic OH excluding ortho intramolecular Hbond substituents is 2. The van der Waals surface area contributed by atoms with E-state index in [1.807, 2.05) is 12.2 Å². The van der Waals surface area contributed by atoms with Crippen molar-refractivity contribution in [2.75, 3.05) is 21.2 Å². The molecule has 1 amide bonds. The number of amides is 1. The van der Waals surface area contributed by atoms with Crippen molar-refractivity contribution in [1.29, 1.82) is 0 Å². The minimum absolute atomic E-state index is 0.0118. The summed E-state index contributed by atoms with van der Waals surface area (Å²) in [5.74, 6) is -6.51. The van der Waals surface area contributed by atoms with E-state index in [-0.39, 0.29) is 35.5 Å². The first-order valence-corrected chi connectivity index (χ1v) is 13.3. The quantitative estimate of drug-likeness (QED) is 0.277. The van der Waals surface area contributed by atoms with E-state index >= 15 is 0 Å². The highest BCUT2D eigenvalue weighted by molar-refractivity contribution is 6.24. The number of nitrogens with zero attached hydrogens (tertiary/aromatic N) is 1. The molecule has 11 nitrogen and oxygen atoms in total. The molecule has 4 unspecified atom stereocenters. The number of ether oxygens (including phenoxy) is 1. The molecule has 5 rings (SSSR count). The Balaban J connectivity index is 1.58. The number of rotatable bonds is 6. The number of aromatic hydroxyl groups is 2. The van der Waals surface area contributed by atoms with E-state index in [1.165, 1.54) is 24.1 Å². The van der Waals surface area contributed by atoms with Gasteiger partial charge in [-0.2, -0.15) is 0 Å². The van der Waals surface area contributed by atoms with Gasteiger partial charge in [0.2, 0.25) is 5.78 Å². The molecular formula is C31H32N2O9. The molecule has 7 N–H and O–H groups in total. The number of methoxy groups -OCH3 is 1. The van der Waals surface area contributed by atoms with Gasteiger partial charge in [-0.3, -0.25) is 19.3 Å². The standard InChI is InChI=1S/C31H32N2O9/c1-33(2)25-18-13-16-12-17-15(6-4-5-14-7-9-19(34)21(11-14)42-3)8-10-20(35)23(17)26(36)22(16)28(38)31(18,41)29(39)24(27(25)37)30(32)40/h4,6-11,16,18,25,34-36,39,41H,5,12-13H2,1-3H3,(H2,32,40)/b6-4+. The van der Waals surface area contributed by atoms with Gasteiger partial charge in [0.05, 0.1) is 18.7 Å². The van der Waals surface area contributed by atoms with Crippen LogP contribution in [0.15, 0.2) is 53.3 Å². The topological polar surface area (TPSA) is 191 Å². The van der Waals surface area contributed by atoms with Gasteiger partial charge in [0, 0.05) is 11.5 Å². The maximum absolute atomic E-state index is 13.9. The fourth-order valence-electron chi connectivity index (χ4n) is 6.60. The Morgan fingerprint density at radius 1 is 1.12 bits per heavy atom. The number of fused-ring (bicyclic) bond motifs is 3. The van der Waals surface area contributed by atoms with Crippen molar-refractivity contribution in [1.82, 2.24) is 4.90 Å². The number of hydrogen-bond acceptors (Lipinski definition) is 10. The number of ketones is 2. The Bertz CT molecular complexity index is 1620. The Morgan fingerprint density at radius 2 is 1.81 bits per heavy atom. The van der Waals surface area contributed by atoms with E-state index in [0.717, 1.165) is 5.56 Å². The lowest BCUT2D eigenvalue weighted by molar-refractivity contribution is -0.153. The van der Waals surface area contributed by atoms with Gasteiger partial charge in [-0.25, -0.2) is 0 Å². The molecule has 1 saturated carbocycles. The van der Waals surface area contributed by atoms with Gasteiger partial charge < -0.3 is 36.0 Å². The molecule has 0 aromatic heterocycles. The van der Waals surface area contributed by atoms with Crippen LogP contribution in [0.1, 0.15) is 28.7 Å². The van der Waals surface area contributed by atoms with Crippen molar-refractivity contribution in [2.45, 2.75) is 30.9 Å². The first-order valence-electron chi connectivity index (χ1n) is 13.3. The largest absolute Gasteiger partial charge is 0.508 e. The van der Waals surface area contributed by atoms with Crippen LogP contribution in [0.5, 0.6) is 17.2 Å². The van der Waals surface area contributed by atoms with Crippen molar-refractivity contribution in [3.05, 3.63) is 75.6 Å². The second-order valence-electron chi connectivity index (χ2n) is 11.1. The summed E-state index contributed by atoms with van der Waals surface area (Å²) in [6.45, 7) is 0. The van der Waals surface area contributed by atoms with E-state index in [4.69, 9.17) is 10.5 Å². The van der Waals surface area contributed by atoms with Gasteiger partial charge in [0.25, 0.3) is 5.91 Å². The van der Waals surface area contributed by atoms with Crippen molar-refractivity contribution in [2.24, 2.45) is 17.6 Å². The third kappa shape index (κ3) is 4.24. The number of allylic oxidation sites excluding steroid dienone is 1. The molecule has 0 bridgehead atoms. The molecule has 11 heteroatoms. The lowest BCUT2D eigenvalue weighted by Crippen LogP contribution is -2.65. The molecule has 1 fully saturated rings. The lowest BCUT2D eigenvalue weighted by atomic mass is 9.57. The van der Waals surface area contributed by atoms with E-state index in [2.05, 4.69) is 0 Å². The Kier molecular flexibility index (Phi) is 7.12. The molecule has 2 aromatic carbocycles. The van der Waals surface area contributed by atoms with Crippen LogP contribution >= 0.6 is 0 Å². The minimum atomic E-state index is -2.68. The van der Waals surface area contributed by atoms with Crippen LogP contribution in [0, 0.1) is 11.8 Å². The number of carbonyl (C=O) groups is 3. The van der Waals surface area contributed by atoms with Crippen LogP contribution in [0.25, 0.3) is 11.8 Å². The number of aliphatic hydroxyl groups is 3. The van der Waals surface area contributed by atoms with E-state index in [9.17, 15) is 39.9 Å². The molecule has 0 saturated heterocycles. The van der Waals surface area contributed by atoms with E-state index in [0.29, 0.717) is 23.3 Å². The maximum atomic E-state index is 13.9. The average molecular weight is 577 g/mol. The molecule has 3 aliphatic rings. The van der Waals surface area contributed by atoms with Crippen molar-refractivity contribution < 1.29 is 44.7 Å². The second kappa shape index (κ2) is 10.3. The van der Waals surface area contributed by atoms with Crippen LogP contribution in [0.4, 0.5) is 0 Å². The van der Waals surface area contributed by atoms with Crippen LogP contribution in [0.2, 0.25) is 0 Å². The lowest BCUT2D eigenvalue weighted by Gasteiger charge is -2.50. The predicted octanol–water partition coefficient (Wildman–Crippen LogP) is 1.93. The summed E-state index contributed by atoms with van der Waals surface area (Å²) in [5, 5.41) is 54.6. The Morgan fingerprint density at radius 3 is 2.45 bits per heavy atom. The highest BCUT2D eigenvalue weighted by Crippen LogP contribution is 2.53. The van der Waals surface area contributed by atoms with Crippen LogP contribution in [-0.4, -0.2) is 80.8 Å². The molecule has 42 heavy (non-hydrogen) atoms. The van der Waals surface area contributed by atoms with E-state index < -0.39 is 58.0 Å². The molecule has 4 atom stereocenters. The van der Waals surface area contributed by atoms with Gasteiger partial charge in [0.1, 0.15) is 22.8 Å². The minimum Gasteiger partial charge on any atom is -0.508 e. The third-order valence-electron chi connectivity index (χ3n) is 8.54. The molecule has 0 heterocycles. The smallest absolute Gasteiger partial charge is 0.255 e. The zero-order valence-electron chi connectivity index (χ0n) is 23.3. The molecular weight excluding hydrogens is 544 g/mol. The first-order chi connectivity index (χ1) is 19.8. The number of aliphatic hydroxyl groups excluding tert-OH is 2. The maximum Gasteiger partial charge on any atom is 0.255 e. The molecule has 3 aliphatic carbocycles. The van der Waals surface area contributed by atoms with E-state index in [1.54, 1.807) is 32.3 Å². The average Bonchev–Trinajstić information content (AvgIpc) is 2.92. The summed E-state index contributed by atoms with van der Waals surface area (Å²) < 4.78 is 5.16. The van der Waals surface area contributed by atoms with Crippen molar-refractivity contribution >= 4 is 29.3 Å². The number of primary amides is 1. The highest BCUT2D eigenvalue weighted by atomic mass is 16.5. The predicted molar refractivity (Wildman–Crippen MR) is 152 cm³/mol. The summed E-state index contributed by atoms with van der Waals surface area (Å²) in [6.07, 6.45) is 4.37. The van der Waals surface area contributed by atoms with Crippen molar-refractivity contribution in [3.8, 4) is 17.2 Å². The molecule has 0 aliphatic heterocycles. The summed E-state index contributed by atoms with van der Waals surface area (Å²) in [6, 6.07) is 6.92. The number of likely N-dealkylation sites (N-methyl/N-ethyl adjacent to an activating group) is 1. The fraction of sp³-hybridized carbons (Fsp3) is 0.323. The highest BCUT2D eigenvalue weighted by Gasteiger charge is 2.64. The van der Waals surface area contributed by atoms with Crippen LogP contribution < -0.4 is 10.5 Å². The normalized spacial score (nSPS) is 25.5. The first kappa shape index (κ1) is 28.9. The number of carbonyl (C=O) groups excluding carboxylic acids is 3. The van der Waals surface area contributed by atoms with Gasteiger partial charge in [-0.1, -0.05) is 24.3 Å². The zero-order chi connectivity index (χ0) is 30.7. The summed E-state index contributed by atoms with van der Waals surface area (Å²) >= 11 is 0. The van der Waals surface area contributed by atoms with Crippen LogP contribution in [-0.2, 0) is 27.2 Å². The van der Waals surface area contributed by atoms with Gasteiger partial charge in [-0.05, 0) is 74.2 Å². The second-order valence-corrected chi connectivity index (χ2v) is 11.1. The fourth-order valence-corrected chi connectivity index (χ4v) is 6.60. The monoisotopic (exact) mass is 576 g/mol. The van der Waals surface area contributed by atoms with Crippen LogP contribution in [0.3, 0.4) is 0 Å². The summed E-state index contributed by atoms with van der Waals surface area (Å²) in [4.78, 5) is 40.7. The summed E-state index contributed by atoms with van der Waals surface area (Å²) in [7, 11) is 4.57. The zero-order valence-corrected chi connectivity index (χ0v) is 23.3. The molecule has 220 valence electrons. The number of benzene rings is 2. The van der Waals surface area contributed by atoms with Crippen molar-refractivity contribution in [3.63, 3.8) is 0 Å². The SMILES string of the molecule is COc1cc(C/C=C/c2ccc(O)c3c2CC2CC4C(N(C)C)C(=O)C(C(N)=O)=C(O)C4(O)C(=O)C2=C3O)ccc1O. The molecule has 2 aromatic rings. The number of nitrogens with two attached hydrogens (primary N) is 1. The molecule has 0 radical (unpaired) electrons. The third-order valence-corrected chi connectivity index (χ3v) is 8.54.